The average molecular weight is 368 g/mol. The first-order chi connectivity index (χ1) is 11.3. The van der Waals surface area contributed by atoms with Gasteiger partial charge < -0.3 is 10.4 Å². The number of anilines is 1. The summed E-state index contributed by atoms with van der Waals surface area (Å²) in [6, 6.07) is 7.43. The van der Waals surface area contributed by atoms with E-state index in [4.69, 9.17) is 16.7 Å². The fourth-order valence-corrected chi connectivity index (χ4v) is 2.78. The molecule has 1 amide bonds. The van der Waals surface area contributed by atoms with Crippen molar-refractivity contribution in [2.45, 2.75) is 30.7 Å². The second kappa shape index (κ2) is 7.72. The van der Waals surface area contributed by atoms with E-state index in [-0.39, 0.29) is 5.91 Å². The van der Waals surface area contributed by atoms with Gasteiger partial charge in [-0.2, -0.15) is 5.10 Å². The minimum atomic E-state index is -1.17. The molecule has 6 nitrogen and oxygen atoms in total. The van der Waals surface area contributed by atoms with Gasteiger partial charge in [0.05, 0.1) is 11.9 Å². The van der Waals surface area contributed by atoms with Gasteiger partial charge in [-0.25, -0.2) is 4.79 Å². The van der Waals surface area contributed by atoms with Crippen LogP contribution in [0, 0.1) is 0 Å². The summed E-state index contributed by atoms with van der Waals surface area (Å²) in [5.74, 6) is -0.519. The Hall–Kier alpha value is -1.99. The van der Waals surface area contributed by atoms with Crippen LogP contribution < -0.4 is 5.32 Å². The van der Waals surface area contributed by atoms with Crippen molar-refractivity contribution < 1.29 is 14.7 Å². The first-order valence-corrected chi connectivity index (χ1v) is 8.62. The van der Waals surface area contributed by atoms with Crippen molar-refractivity contribution in [2.75, 3.05) is 11.1 Å². The second-order valence-electron chi connectivity index (χ2n) is 5.64. The Balaban J connectivity index is 1.83. The van der Waals surface area contributed by atoms with Gasteiger partial charge in [0.2, 0.25) is 5.91 Å². The lowest BCUT2D eigenvalue weighted by molar-refractivity contribution is -0.146. The van der Waals surface area contributed by atoms with Crippen LogP contribution in [-0.4, -0.2) is 32.5 Å². The zero-order valence-electron chi connectivity index (χ0n) is 13.3. The van der Waals surface area contributed by atoms with Crippen LogP contribution in [0.2, 0.25) is 5.02 Å². The molecule has 2 rings (SSSR count). The van der Waals surface area contributed by atoms with E-state index >= 15 is 0 Å². The standard InChI is InChI=1S/C16H18ClN3O3S/c1-16(2,15(22)23)20-10-12(9-18-20)19-14(21)7-8-24-13-5-3-11(17)4-6-13/h3-6,9-10H,7-8H2,1-2H3,(H,19,21)(H,22,23). The van der Waals surface area contributed by atoms with E-state index < -0.39 is 11.5 Å². The van der Waals surface area contributed by atoms with Gasteiger partial charge in [0.25, 0.3) is 0 Å². The molecule has 1 heterocycles. The molecule has 0 fully saturated rings. The van der Waals surface area contributed by atoms with Crippen molar-refractivity contribution in [3.8, 4) is 0 Å². The molecule has 0 aliphatic heterocycles. The molecule has 0 radical (unpaired) electrons. The number of aromatic nitrogens is 2. The van der Waals surface area contributed by atoms with Crippen LogP contribution in [0.3, 0.4) is 0 Å². The summed E-state index contributed by atoms with van der Waals surface area (Å²) < 4.78 is 1.31. The second-order valence-corrected chi connectivity index (χ2v) is 7.24. The summed E-state index contributed by atoms with van der Waals surface area (Å²) in [7, 11) is 0. The monoisotopic (exact) mass is 367 g/mol. The van der Waals surface area contributed by atoms with Crippen LogP contribution in [-0.2, 0) is 15.1 Å². The van der Waals surface area contributed by atoms with Crippen molar-refractivity contribution in [3.63, 3.8) is 0 Å². The van der Waals surface area contributed by atoms with E-state index in [9.17, 15) is 9.59 Å². The van der Waals surface area contributed by atoms with Crippen molar-refractivity contribution >= 4 is 40.9 Å². The summed E-state index contributed by atoms with van der Waals surface area (Å²) in [4.78, 5) is 24.2. The van der Waals surface area contributed by atoms with Crippen LogP contribution in [0.15, 0.2) is 41.6 Å². The van der Waals surface area contributed by atoms with Crippen molar-refractivity contribution in [3.05, 3.63) is 41.7 Å². The number of rotatable bonds is 7. The van der Waals surface area contributed by atoms with Crippen LogP contribution in [0.5, 0.6) is 0 Å². The number of carboxylic acid groups (broad SMARTS) is 1. The molecule has 0 atom stereocenters. The average Bonchev–Trinajstić information content (AvgIpc) is 2.98. The van der Waals surface area contributed by atoms with Crippen LogP contribution in [0.1, 0.15) is 20.3 Å². The van der Waals surface area contributed by atoms with Gasteiger partial charge in [-0.3, -0.25) is 9.48 Å². The highest BCUT2D eigenvalue weighted by atomic mass is 35.5. The zero-order valence-corrected chi connectivity index (χ0v) is 14.9. The van der Waals surface area contributed by atoms with E-state index in [0.29, 0.717) is 22.9 Å². The summed E-state index contributed by atoms with van der Waals surface area (Å²) in [5, 5.41) is 16.6. The van der Waals surface area contributed by atoms with Crippen LogP contribution >= 0.6 is 23.4 Å². The molecule has 0 unspecified atom stereocenters. The molecule has 0 aliphatic rings. The molecule has 128 valence electrons. The molecular formula is C16H18ClN3O3S. The number of benzene rings is 1. The molecule has 1 aromatic heterocycles. The van der Waals surface area contributed by atoms with Gasteiger partial charge >= 0.3 is 5.97 Å². The lowest BCUT2D eigenvalue weighted by Gasteiger charge is -2.19. The van der Waals surface area contributed by atoms with Gasteiger partial charge in [-0.05, 0) is 38.1 Å². The van der Waals surface area contributed by atoms with E-state index in [1.807, 2.05) is 24.3 Å². The van der Waals surface area contributed by atoms with Crippen molar-refractivity contribution in [1.82, 2.24) is 9.78 Å². The molecule has 0 saturated carbocycles. The number of aliphatic carboxylic acids is 1. The highest BCUT2D eigenvalue weighted by Gasteiger charge is 2.30. The Morgan fingerprint density at radius 1 is 1.33 bits per heavy atom. The molecule has 0 bridgehead atoms. The predicted octanol–water partition coefficient (Wildman–Crippen LogP) is 3.48. The summed E-state index contributed by atoms with van der Waals surface area (Å²) >= 11 is 7.39. The number of hydrogen-bond acceptors (Lipinski definition) is 4. The Morgan fingerprint density at radius 3 is 2.62 bits per heavy atom. The highest BCUT2D eigenvalue weighted by molar-refractivity contribution is 7.99. The number of nitrogens with one attached hydrogen (secondary N) is 1. The number of carbonyl (C=O) groups is 2. The fourth-order valence-electron chi connectivity index (χ4n) is 1.81. The summed E-state index contributed by atoms with van der Waals surface area (Å²) in [5.41, 5.74) is -0.696. The molecule has 0 aliphatic carbocycles. The Labute approximate surface area is 149 Å². The predicted molar refractivity (Wildman–Crippen MR) is 94.6 cm³/mol. The van der Waals surface area contributed by atoms with E-state index in [1.165, 1.54) is 30.9 Å². The van der Waals surface area contributed by atoms with Crippen molar-refractivity contribution in [1.29, 1.82) is 0 Å². The van der Waals surface area contributed by atoms with Gasteiger partial charge in [0, 0.05) is 28.3 Å². The Morgan fingerprint density at radius 2 is 2.00 bits per heavy atom. The zero-order chi connectivity index (χ0) is 17.7. The van der Waals surface area contributed by atoms with E-state index in [0.717, 1.165) is 4.90 Å². The number of amides is 1. The first kappa shape index (κ1) is 18.4. The largest absolute Gasteiger partial charge is 0.479 e. The molecular weight excluding hydrogens is 350 g/mol. The fraction of sp³-hybridized carbons (Fsp3) is 0.312. The smallest absolute Gasteiger partial charge is 0.331 e. The van der Waals surface area contributed by atoms with Crippen LogP contribution in [0.4, 0.5) is 5.69 Å². The number of thioether (sulfide) groups is 1. The van der Waals surface area contributed by atoms with Gasteiger partial charge in [-0.1, -0.05) is 11.6 Å². The lowest BCUT2D eigenvalue weighted by Crippen LogP contribution is -2.35. The minimum absolute atomic E-state index is 0.149. The Kier molecular flexibility index (Phi) is 5.90. The third-order valence-electron chi connectivity index (χ3n) is 3.37. The summed E-state index contributed by atoms with van der Waals surface area (Å²) in [6.07, 6.45) is 3.29. The molecule has 8 heteroatoms. The number of hydrogen-bond donors (Lipinski definition) is 2. The number of nitrogens with zero attached hydrogens (tertiary/aromatic N) is 2. The number of halogens is 1. The molecule has 2 N–H and O–H groups in total. The maximum absolute atomic E-state index is 12.0. The van der Waals surface area contributed by atoms with Gasteiger partial charge in [0.1, 0.15) is 0 Å². The SMILES string of the molecule is CC(C)(C(=O)O)n1cc(NC(=O)CCSc2ccc(Cl)cc2)cn1. The number of carbonyl (C=O) groups excluding carboxylic acids is 1. The van der Waals surface area contributed by atoms with Gasteiger partial charge in [0.15, 0.2) is 5.54 Å². The third kappa shape index (κ3) is 4.75. The summed E-state index contributed by atoms with van der Waals surface area (Å²) in [6.45, 7) is 3.08. The normalized spacial score (nSPS) is 11.3. The molecule has 0 saturated heterocycles. The molecule has 1 aromatic carbocycles. The lowest BCUT2D eigenvalue weighted by atomic mass is 10.1. The molecule has 24 heavy (non-hydrogen) atoms. The van der Waals surface area contributed by atoms with Crippen molar-refractivity contribution in [2.24, 2.45) is 0 Å². The highest BCUT2D eigenvalue weighted by Crippen LogP contribution is 2.21. The van der Waals surface area contributed by atoms with Gasteiger partial charge in [-0.15, -0.1) is 11.8 Å². The molecule has 2 aromatic rings. The van der Waals surface area contributed by atoms with Crippen LogP contribution in [0.25, 0.3) is 0 Å². The maximum atomic E-state index is 12.0. The van der Waals surface area contributed by atoms with E-state index in [1.54, 1.807) is 11.8 Å². The maximum Gasteiger partial charge on any atom is 0.331 e. The third-order valence-corrected chi connectivity index (χ3v) is 4.64. The minimum Gasteiger partial charge on any atom is -0.479 e. The number of carboxylic acids is 1. The first-order valence-electron chi connectivity index (χ1n) is 7.26. The quantitative estimate of drug-likeness (QED) is 0.732. The molecule has 0 spiro atoms. The van der Waals surface area contributed by atoms with E-state index in [2.05, 4.69) is 10.4 Å². The topological polar surface area (TPSA) is 84.2 Å². The Bertz CT molecular complexity index is 728.